The minimum Gasteiger partial charge on any atom is -0.394 e. The number of aliphatic hydroxyl groups is 5. The van der Waals surface area contributed by atoms with E-state index in [0.29, 0.717) is 4.88 Å². The number of thiophene rings is 1. The molecule has 96 valence electrons. The minimum absolute atomic E-state index is 0.300. The molecular formula is C10H14O6S. The maximum absolute atomic E-state index is 10.2. The summed E-state index contributed by atoms with van der Waals surface area (Å²) in [6.45, 7) is -0.571. The van der Waals surface area contributed by atoms with Gasteiger partial charge < -0.3 is 30.3 Å². The van der Waals surface area contributed by atoms with Crippen LogP contribution in [0.1, 0.15) is 4.88 Å². The summed E-state index contributed by atoms with van der Waals surface area (Å²) in [5, 5.41) is 49.9. The molecule has 2 heterocycles. The Morgan fingerprint density at radius 2 is 2.00 bits per heavy atom. The van der Waals surface area contributed by atoms with E-state index in [1.165, 1.54) is 6.07 Å². The van der Waals surface area contributed by atoms with Crippen LogP contribution in [0.3, 0.4) is 0 Å². The van der Waals surface area contributed by atoms with Crippen LogP contribution in [0.4, 0.5) is 0 Å². The fraction of sp³-hybridized carbons (Fsp3) is 0.600. The van der Waals surface area contributed by atoms with Gasteiger partial charge in [-0.1, -0.05) is 6.07 Å². The van der Waals surface area contributed by atoms with Crippen molar-refractivity contribution in [3.63, 3.8) is 0 Å². The predicted molar refractivity (Wildman–Crippen MR) is 58.2 cm³/mol. The van der Waals surface area contributed by atoms with Crippen molar-refractivity contribution in [2.24, 2.45) is 0 Å². The molecule has 5 N–H and O–H groups in total. The van der Waals surface area contributed by atoms with Crippen LogP contribution in [0.15, 0.2) is 17.5 Å². The lowest BCUT2D eigenvalue weighted by Crippen LogP contribution is -2.63. The monoisotopic (exact) mass is 262 g/mol. The number of ether oxygens (including phenoxy) is 1. The van der Waals surface area contributed by atoms with E-state index in [2.05, 4.69) is 0 Å². The first-order valence-corrected chi connectivity index (χ1v) is 5.98. The van der Waals surface area contributed by atoms with Gasteiger partial charge in [-0.15, -0.1) is 11.3 Å². The molecule has 1 aliphatic rings. The van der Waals surface area contributed by atoms with Crippen LogP contribution in [0.25, 0.3) is 0 Å². The normalized spacial score (nSPS) is 42.6. The molecule has 0 amide bonds. The van der Waals surface area contributed by atoms with E-state index in [1.807, 2.05) is 0 Å². The molecule has 17 heavy (non-hydrogen) atoms. The first-order chi connectivity index (χ1) is 8.00. The van der Waals surface area contributed by atoms with Crippen molar-refractivity contribution in [3.8, 4) is 0 Å². The van der Waals surface area contributed by atoms with Crippen LogP contribution in [0.5, 0.6) is 0 Å². The van der Waals surface area contributed by atoms with Crippen LogP contribution in [0, 0.1) is 0 Å². The van der Waals surface area contributed by atoms with Gasteiger partial charge in [-0.25, -0.2) is 0 Å². The summed E-state index contributed by atoms with van der Waals surface area (Å²) in [5.41, 5.74) is 0. The van der Waals surface area contributed by atoms with Gasteiger partial charge >= 0.3 is 0 Å². The molecule has 0 unspecified atom stereocenters. The Morgan fingerprint density at radius 1 is 1.29 bits per heavy atom. The highest BCUT2D eigenvalue weighted by molar-refractivity contribution is 7.10. The molecule has 7 heteroatoms. The van der Waals surface area contributed by atoms with Gasteiger partial charge in [0.2, 0.25) is 5.79 Å². The summed E-state index contributed by atoms with van der Waals surface area (Å²) in [6.07, 6.45) is -5.87. The van der Waals surface area contributed by atoms with E-state index >= 15 is 0 Å². The van der Waals surface area contributed by atoms with E-state index in [9.17, 15) is 20.4 Å². The Labute approximate surface area is 101 Å². The fourth-order valence-corrected chi connectivity index (χ4v) is 2.64. The van der Waals surface area contributed by atoms with Gasteiger partial charge in [0, 0.05) is 0 Å². The van der Waals surface area contributed by atoms with Crippen molar-refractivity contribution in [2.45, 2.75) is 30.2 Å². The van der Waals surface area contributed by atoms with Crippen molar-refractivity contribution < 1.29 is 30.3 Å². The first-order valence-electron chi connectivity index (χ1n) is 5.10. The van der Waals surface area contributed by atoms with Gasteiger partial charge in [-0.3, -0.25) is 0 Å². The first kappa shape index (κ1) is 12.9. The zero-order valence-corrected chi connectivity index (χ0v) is 9.62. The number of rotatable bonds is 2. The molecule has 1 aromatic rings. The average molecular weight is 262 g/mol. The summed E-state index contributed by atoms with van der Waals surface area (Å²) in [7, 11) is 0. The highest BCUT2D eigenvalue weighted by Gasteiger charge is 2.54. The lowest BCUT2D eigenvalue weighted by molar-refractivity contribution is -0.356. The molecule has 0 bridgehead atoms. The highest BCUT2D eigenvalue weighted by Crippen LogP contribution is 2.38. The van der Waals surface area contributed by atoms with Crippen LogP contribution >= 0.6 is 11.3 Å². The average Bonchev–Trinajstić information content (AvgIpc) is 2.85. The molecule has 2 rings (SSSR count). The van der Waals surface area contributed by atoms with Gasteiger partial charge in [-0.2, -0.15) is 0 Å². The van der Waals surface area contributed by atoms with E-state index in [0.717, 1.165) is 11.3 Å². The summed E-state index contributed by atoms with van der Waals surface area (Å²) >= 11 is 1.14. The topological polar surface area (TPSA) is 110 Å². The van der Waals surface area contributed by atoms with Crippen molar-refractivity contribution in [3.05, 3.63) is 22.4 Å². The second-order valence-corrected chi connectivity index (χ2v) is 4.89. The third kappa shape index (κ3) is 2.00. The van der Waals surface area contributed by atoms with E-state index < -0.39 is 36.8 Å². The maximum atomic E-state index is 10.2. The number of hydrogen-bond acceptors (Lipinski definition) is 7. The minimum atomic E-state index is -2.11. The number of hydrogen-bond donors (Lipinski definition) is 5. The van der Waals surface area contributed by atoms with Gasteiger partial charge in [0.15, 0.2) is 0 Å². The Bertz CT molecular complexity index is 367. The summed E-state index contributed by atoms with van der Waals surface area (Å²) < 4.78 is 5.12. The van der Waals surface area contributed by atoms with Crippen LogP contribution in [-0.2, 0) is 10.5 Å². The van der Waals surface area contributed by atoms with E-state index in [4.69, 9.17) is 9.84 Å². The molecule has 0 aliphatic carbocycles. The standard InChI is InChI=1S/C10H14O6S/c11-4-5-7(12)8(13)9(14)10(15,16-5)6-2-1-3-17-6/h1-3,5,7-9,11-15H,4H2/t5-,7+,8+,9-,10-/m1/s1. The second-order valence-electron chi connectivity index (χ2n) is 3.94. The van der Waals surface area contributed by atoms with Gasteiger partial charge in [0.05, 0.1) is 11.5 Å². The Morgan fingerprint density at radius 3 is 2.53 bits per heavy atom. The lowest BCUT2D eigenvalue weighted by Gasteiger charge is -2.44. The molecule has 6 nitrogen and oxygen atoms in total. The third-order valence-electron chi connectivity index (χ3n) is 2.84. The molecule has 1 aromatic heterocycles. The molecule has 0 radical (unpaired) electrons. The Balaban J connectivity index is 2.34. The van der Waals surface area contributed by atoms with E-state index in [-0.39, 0.29) is 0 Å². The largest absolute Gasteiger partial charge is 0.394 e. The van der Waals surface area contributed by atoms with Gasteiger partial charge in [0.1, 0.15) is 24.4 Å². The predicted octanol–water partition coefficient (Wildman–Crippen LogP) is -1.63. The van der Waals surface area contributed by atoms with Gasteiger partial charge in [0.25, 0.3) is 0 Å². The second kappa shape index (κ2) is 4.62. The van der Waals surface area contributed by atoms with Crippen LogP contribution in [-0.4, -0.2) is 56.6 Å². The molecule has 1 aliphatic heterocycles. The molecular weight excluding hydrogens is 248 g/mol. The Kier molecular flexibility index (Phi) is 3.50. The van der Waals surface area contributed by atoms with Crippen molar-refractivity contribution >= 4 is 11.3 Å². The maximum Gasteiger partial charge on any atom is 0.231 e. The zero-order valence-electron chi connectivity index (χ0n) is 8.80. The molecule has 5 atom stereocenters. The molecule has 1 fully saturated rings. The number of aliphatic hydroxyl groups excluding tert-OH is 4. The SMILES string of the molecule is OC[C@H]1O[C@](O)(c2cccs2)[C@H](O)[C@@H](O)[C@H]1O. The molecule has 0 aromatic carbocycles. The van der Waals surface area contributed by atoms with Crippen LogP contribution < -0.4 is 0 Å². The Hall–Kier alpha value is -0.540. The lowest BCUT2D eigenvalue weighted by atomic mass is 9.92. The summed E-state index contributed by atoms with van der Waals surface area (Å²) in [6, 6.07) is 3.19. The highest BCUT2D eigenvalue weighted by atomic mass is 32.1. The zero-order chi connectivity index (χ0) is 12.6. The van der Waals surface area contributed by atoms with Crippen molar-refractivity contribution in [1.82, 2.24) is 0 Å². The third-order valence-corrected chi connectivity index (χ3v) is 3.82. The summed E-state index contributed by atoms with van der Waals surface area (Å²) in [5.74, 6) is -2.11. The van der Waals surface area contributed by atoms with Crippen molar-refractivity contribution in [1.29, 1.82) is 0 Å². The molecule has 0 spiro atoms. The van der Waals surface area contributed by atoms with Crippen molar-refractivity contribution in [2.75, 3.05) is 6.61 Å². The quantitative estimate of drug-likeness (QED) is 0.437. The van der Waals surface area contributed by atoms with Gasteiger partial charge in [-0.05, 0) is 11.4 Å². The van der Waals surface area contributed by atoms with Crippen LogP contribution in [0.2, 0.25) is 0 Å². The fourth-order valence-electron chi connectivity index (χ4n) is 1.84. The summed E-state index contributed by atoms with van der Waals surface area (Å²) in [4.78, 5) is 0.300. The van der Waals surface area contributed by atoms with E-state index in [1.54, 1.807) is 11.4 Å². The molecule has 1 saturated heterocycles. The smallest absolute Gasteiger partial charge is 0.231 e. The molecule has 0 saturated carbocycles.